The van der Waals surface area contributed by atoms with Crippen molar-refractivity contribution in [1.29, 1.82) is 0 Å². The van der Waals surface area contributed by atoms with Gasteiger partial charge in [0.2, 0.25) is 0 Å². The number of ether oxygens (including phenoxy) is 3. The lowest BCUT2D eigenvalue weighted by molar-refractivity contribution is -0.141. The number of amides is 2. The molecule has 0 aliphatic carbocycles. The number of hydrogen-bond donors (Lipinski definition) is 2. The molecular formula is C25H26N2O5. The molecule has 2 amide bonds. The van der Waals surface area contributed by atoms with Gasteiger partial charge in [-0.3, -0.25) is 4.79 Å². The van der Waals surface area contributed by atoms with Crippen LogP contribution < -0.4 is 20.1 Å². The zero-order chi connectivity index (χ0) is 22.8. The molecule has 0 spiro atoms. The molecule has 0 aliphatic rings. The van der Waals surface area contributed by atoms with Crippen molar-refractivity contribution in [1.82, 2.24) is 5.32 Å². The number of carbonyl (C=O) groups is 2. The van der Waals surface area contributed by atoms with Gasteiger partial charge in [-0.2, -0.15) is 0 Å². The Morgan fingerprint density at radius 3 is 2.25 bits per heavy atom. The fraction of sp³-hybridized carbons (Fsp3) is 0.200. The largest absolute Gasteiger partial charge is 0.493 e. The summed E-state index contributed by atoms with van der Waals surface area (Å²) in [4.78, 5) is 23.9. The molecule has 0 aliphatic heterocycles. The van der Waals surface area contributed by atoms with Crippen LogP contribution in [0.1, 0.15) is 24.1 Å². The minimum Gasteiger partial charge on any atom is -0.493 e. The first-order chi connectivity index (χ1) is 15.5. The van der Waals surface area contributed by atoms with Gasteiger partial charge >= 0.3 is 12.0 Å². The summed E-state index contributed by atoms with van der Waals surface area (Å²) in [6, 6.07) is 23.3. The molecule has 0 saturated carbocycles. The number of anilines is 1. The van der Waals surface area contributed by atoms with Crippen molar-refractivity contribution in [2.24, 2.45) is 0 Å². The average Bonchev–Trinajstić information content (AvgIpc) is 2.81. The number of esters is 1. The van der Waals surface area contributed by atoms with E-state index < -0.39 is 18.0 Å². The second-order valence-corrected chi connectivity index (χ2v) is 7.00. The van der Waals surface area contributed by atoms with Crippen LogP contribution in [0.5, 0.6) is 11.5 Å². The molecule has 0 bridgehead atoms. The van der Waals surface area contributed by atoms with Crippen LogP contribution in [0.25, 0.3) is 0 Å². The molecule has 7 nitrogen and oxygen atoms in total. The summed E-state index contributed by atoms with van der Waals surface area (Å²) in [7, 11) is 1.56. The molecule has 3 aromatic rings. The van der Waals surface area contributed by atoms with Gasteiger partial charge in [0.1, 0.15) is 13.2 Å². The Labute approximate surface area is 187 Å². The zero-order valence-corrected chi connectivity index (χ0v) is 18.0. The first kappa shape index (κ1) is 22.7. The molecule has 0 fully saturated rings. The van der Waals surface area contributed by atoms with E-state index in [1.54, 1.807) is 25.3 Å². The van der Waals surface area contributed by atoms with Gasteiger partial charge in [0.05, 0.1) is 13.2 Å². The Balaban J connectivity index is 1.68. The number of rotatable bonds is 9. The van der Waals surface area contributed by atoms with Gasteiger partial charge in [0, 0.05) is 18.7 Å². The van der Waals surface area contributed by atoms with Crippen LogP contribution in [0.4, 0.5) is 10.5 Å². The van der Waals surface area contributed by atoms with Crippen LogP contribution in [0.3, 0.4) is 0 Å². The molecule has 1 atom stereocenters. The summed E-state index contributed by atoms with van der Waals surface area (Å²) in [5.74, 6) is 0.654. The monoisotopic (exact) mass is 434 g/mol. The van der Waals surface area contributed by atoms with E-state index in [-0.39, 0.29) is 6.61 Å². The number of hydrogen-bond acceptors (Lipinski definition) is 5. The van der Waals surface area contributed by atoms with Crippen molar-refractivity contribution in [3.05, 3.63) is 90.0 Å². The predicted molar refractivity (Wildman–Crippen MR) is 122 cm³/mol. The smallest absolute Gasteiger partial charge is 0.319 e. The number of urea groups is 1. The van der Waals surface area contributed by atoms with Gasteiger partial charge in [-0.25, -0.2) is 4.79 Å². The molecule has 166 valence electrons. The molecule has 0 radical (unpaired) electrons. The summed E-state index contributed by atoms with van der Waals surface area (Å²) in [5, 5.41) is 5.64. The molecule has 0 heterocycles. The second-order valence-electron chi connectivity index (χ2n) is 7.00. The topological polar surface area (TPSA) is 85.9 Å². The number of benzene rings is 3. The molecule has 0 unspecified atom stereocenters. The third-order valence-corrected chi connectivity index (χ3v) is 4.62. The van der Waals surface area contributed by atoms with E-state index in [0.29, 0.717) is 23.8 Å². The predicted octanol–water partition coefficient (Wildman–Crippen LogP) is 4.70. The lowest BCUT2D eigenvalue weighted by atomic mass is 10.1. The van der Waals surface area contributed by atoms with E-state index in [1.807, 2.05) is 60.7 Å². The Hall–Kier alpha value is -4.00. The molecule has 3 aromatic carbocycles. The minimum atomic E-state index is -0.493. The Bertz CT molecular complexity index is 1030. The molecule has 0 saturated heterocycles. The van der Waals surface area contributed by atoms with Crippen molar-refractivity contribution in [3.8, 4) is 11.5 Å². The van der Waals surface area contributed by atoms with E-state index in [0.717, 1.165) is 11.1 Å². The number of nitrogens with one attached hydrogen (secondary N) is 2. The lowest BCUT2D eigenvalue weighted by Crippen LogP contribution is -2.35. The Kier molecular flexibility index (Phi) is 8.09. The lowest BCUT2D eigenvalue weighted by Gasteiger charge is -2.19. The highest BCUT2D eigenvalue weighted by Gasteiger charge is 2.17. The van der Waals surface area contributed by atoms with Gasteiger partial charge in [0.15, 0.2) is 11.5 Å². The van der Waals surface area contributed by atoms with E-state index in [2.05, 4.69) is 10.6 Å². The number of carbonyl (C=O) groups excluding carboxylic acids is 2. The van der Waals surface area contributed by atoms with E-state index in [1.165, 1.54) is 6.92 Å². The van der Waals surface area contributed by atoms with Gasteiger partial charge in [-0.15, -0.1) is 0 Å². The van der Waals surface area contributed by atoms with Crippen LogP contribution in [0.2, 0.25) is 0 Å². The summed E-state index contributed by atoms with van der Waals surface area (Å²) in [6.45, 7) is 1.72. The van der Waals surface area contributed by atoms with Crippen molar-refractivity contribution < 1.29 is 23.8 Å². The normalized spacial score (nSPS) is 11.2. The number of methoxy groups -OCH3 is 1. The highest BCUT2D eigenvalue weighted by atomic mass is 16.5. The minimum absolute atomic E-state index is 0.0286. The van der Waals surface area contributed by atoms with Crippen LogP contribution in [0, 0.1) is 0 Å². The third kappa shape index (κ3) is 6.77. The maximum atomic E-state index is 12.7. The summed E-state index contributed by atoms with van der Waals surface area (Å²) in [6.07, 6.45) is 0. The van der Waals surface area contributed by atoms with Crippen LogP contribution in [-0.4, -0.2) is 25.7 Å². The van der Waals surface area contributed by atoms with Gasteiger partial charge in [0.25, 0.3) is 0 Å². The molecule has 3 rings (SSSR count). The SMILES string of the molecule is COc1ccc(NC(=O)N[C@@H](COC(C)=O)c2ccccc2)cc1OCc1ccccc1. The maximum Gasteiger partial charge on any atom is 0.319 e. The Morgan fingerprint density at radius 2 is 1.59 bits per heavy atom. The molecular weight excluding hydrogens is 408 g/mol. The van der Waals surface area contributed by atoms with E-state index in [4.69, 9.17) is 14.2 Å². The molecule has 2 N–H and O–H groups in total. The standard InChI is InChI=1S/C25H26N2O5/c1-18(28)31-17-22(20-11-7-4-8-12-20)27-25(29)26-21-13-14-23(30-2)24(15-21)32-16-19-9-5-3-6-10-19/h3-15,22H,16-17H2,1-2H3,(H2,26,27,29)/t22-/m0/s1. The first-order valence-corrected chi connectivity index (χ1v) is 10.2. The maximum absolute atomic E-state index is 12.7. The van der Waals surface area contributed by atoms with Crippen LogP contribution in [0.15, 0.2) is 78.9 Å². The third-order valence-electron chi connectivity index (χ3n) is 4.62. The quantitative estimate of drug-likeness (QED) is 0.477. The Morgan fingerprint density at radius 1 is 0.906 bits per heavy atom. The van der Waals surface area contributed by atoms with Crippen molar-refractivity contribution in [3.63, 3.8) is 0 Å². The summed E-state index contributed by atoms with van der Waals surface area (Å²) < 4.78 is 16.4. The van der Waals surface area contributed by atoms with Crippen LogP contribution in [-0.2, 0) is 16.1 Å². The van der Waals surface area contributed by atoms with Crippen molar-refractivity contribution in [2.75, 3.05) is 19.0 Å². The fourth-order valence-corrected chi connectivity index (χ4v) is 3.04. The highest BCUT2D eigenvalue weighted by molar-refractivity contribution is 5.90. The second kappa shape index (κ2) is 11.4. The van der Waals surface area contributed by atoms with Crippen LogP contribution >= 0.6 is 0 Å². The first-order valence-electron chi connectivity index (χ1n) is 10.2. The zero-order valence-electron chi connectivity index (χ0n) is 18.0. The molecule has 7 heteroatoms. The average molecular weight is 434 g/mol. The van der Waals surface area contributed by atoms with Gasteiger partial charge in [-0.05, 0) is 23.3 Å². The van der Waals surface area contributed by atoms with Crippen molar-refractivity contribution >= 4 is 17.7 Å². The van der Waals surface area contributed by atoms with Gasteiger partial charge < -0.3 is 24.8 Å². The van der Waals surface area contributed by atoms with E-state index in [9.17, 15) is 9.59 Å². The summed E-state index contributed by atoms with van der Waals surface area (Å²) >= 11 is 0. The van der Waals surface area contributed by atoms with Crippen molar-refractivity contribution in [2.45, 2.75) is 19.6 Å². The summed E-state index contributed by atoms with van der Waals surface area (Å²) in [5.41, 5.74) is 2.37. The highest BCUT2D eigenvalue weighted by Crippen LogP contribution is 2.31. The molecule has 0 aromatic heterocycles. The van der Waals surface area contributed by atoms with E-state index >= 15 is 0 Å². The van der Waals surface area contributed by atoms with Gasteiger partial charge in [-0.1, -0.05) is 60.7 Å². The molecule has 32 heavy (non-hydrogen) atoms. The fourth-order valence-electron chi connectivity index (χ4n) is 3.04.